The fraction of sp³-hybridized carbons (Fsp3) is 0.0469. The van der Waals surface area contributed by atoms with Crippen LogP contribution in [-0.2, 0) is 5.41 Å². The van der Waals surface area contributed by atoms with Crippen LogP contribution in [0, 0.1) is 0 Å². The second kappa shape index (κ2) is 15.2. The molecule has 14 rings (SSSR count). The van der Waals surface area contributed by atoms with Crippen LogP contribution in [0.25, 0.3) is 94.8 Å². The lowest BCUT2D eigenvalue weighted by Gasteiger charge is -2.30. The van der Waals surface area contributed by atoms with Crippen LogP contribution in [0.15, 0.2) is 237 Å². The van der Waals surface area contributed by atoms with Gasteiger partial charge in [0.15, 0.2) is 5.82 Å². The largest absolute Gasteiger partial charge is 0.277 e. The lowest BCUT2D eigenvalue weighted by molar-refractivity contribution is 0.750. The number of para-hydroxylation sites is 1. The van der Waals surface area contributed by atoms with Crippen molar-refractivity contribution in [2.24, 2.45) is 0 Å². The van der Waals surface area contributed by atoms with Crippen molar-refractivity contribution < 1.29 is 0 Å². The highest BCUT2D eigenvalue weighted by Gasteiger charge is 2.52. The van der Waals surface area contributed by atoms with Gasteiger partial charge in [-0.05, 0) is 109 Å². The maximum absolute atomic E-state index is 5.55. The third-order valence-electron chi connectivity index (χ3n) is 14.5. The normalized spacial score (nSPS) is 14.9. The number of hydrogen-bond acceptors (Lipinski definition) is 3. The molecule has 11 aromatic rings. The van der Waals surface area contributed by atoms with Gasteiger partial charge in [-0.15, -0.1) is 0 Å². The van der Waals surface area contributed by atoms with E-state index < -0.39 is 5.41 Å². The summed E-state index contributed by atoms with van der Waals surface area (Å²) in [5, 5.41) is 2.33. The number of allylic oxidation sites excluding steroid dienone is 4. The van der Waals surface area contributed by atoms with Crippen molar-refractivity contribution in [2.75, 3.05) is 0 Å². The quantitative estimate of drug-likeness (QED) is 0.167. The van der Waals surface area contributed by atoms with Gasteiger partial charge in [-0.3, -0.25) is 4.57 Å². The van der Waals surface area contributed by atoms with E-state index in [1.165, 1.54) is 72.1 Å². The van der Waals surface area contributed by atoms with E-state index in [-0.39, 0.29) is 5.92 Å². The minimum absolute atomic E-state index is 0.00559. The van der Waals surface area contributed by atoms with E-state index in [2.05, 4.69) is 241 Å². The molecule has 2 aromatic heterocycles. The Morgan fingerprint density at radius 2 is 0.971 bits per heavy atom. The van der Waals surface area contributed by atoms with Crippen molar-refractivity contribution in [3.05, 3.63) is 265 Å². The Kier molecular flexibility index (Phi) is 8.59. The number of fused-ring (bicyclic) bond motifs is 14. The fourth-order valence-electron chi connectivity index (χ4n) is 11.6. The van der Waals surface area contributed by atoms with Gasteiger partial charge in [0.2, 0.25) is 5.95 Å². The van der Waals surface area contributed by atoms with Crippen LogP contribution < -0.4 is 0 Å². The summed E-state index contributed by atoms with van der Waals surface area (Å²) in [4.78, 5) is 16.4. The van der Waals surface area contributed by atoms with Crippen LogP contribution in [0.3, 0.4) is 0 Å². The highest BCUT2D eigenvalue weighted by atomic mass is 15.2. The van der Waals surface area contributed by atoms with Gasteiger partial charge in [-0.1, -0.05) is 206 Å². The third kappa shape index (κ3) is 5.71. The van der Waals surface area contributed by atoms with Gasteiger partial charge in [-0.2, -0.15) is 9.97 Å². The number of benzene rings is 9. The molecule has 3 aliphatic rings. The van der Waals surface area contributed by atoms with E-state index in [1.54, 1.807) is 0 Å². The van der Waals surface area contributed by atoms with Crippen molar-refractivity contribution in [3.8, 4) is 73.0 Å². The van der Waals surface area contributed by atoms with Gasteiger partial charge in [0.05, 0.1) is 16.4 Å². The zero-order chi connectivity index (χ0) is 44.8. The predicted octanol–water partition coefficient (Wildman–Crippen LogP) is 15.6. The van der Waals surface area contributed by atoms with Gasteiger partial charge in [0.1, 0.15) is 5.82 Å². The molecule has 0 amide bonds. The Morgan fingerprint density at radius 1 is 0.412 bits per heavy atom. The topological polar surface area (TPSA) is 43.6 Å². The Labute approximate surface area is 394 Å². The molecule has 3 aliphatic carbocycles. The molecule has 0 bridgehead atoms. The smallest absolute Gasteiger partial charge is 0.238 e. The summed E-state index contributed by atoms with van der Waals surface area (Å²) in [6, 6.07) is 77.4. The van der Waals surface area contributed by atoms with Crippen molar-refractivity contribution >= 4 is 21.8 Å². The number of rotatable bonds is 6. The summed E-state index contributed by atoms with van der Waals surface area (Å²) in [7, 11) is 0. The lowest BCUT2D eigenvalue weighted by atomic mass is 9.70. The van der Waals surface area contributed by atoms with Gasteiger partial charge in [-0.25, -0.2) is 4.98 Å². The molecule has 68 heavy (non-hydrogen) atoms. The maximum Gasteiger partial charge on any atom is 0.238 e. The second-order valence-corrected chi connectivity index (χ2v) is 18.2. The van der Waals surface area contributed by atoms with E-state index in [1.807, 2.05) is 0 Å². The number of nitrogens with zero attached hydrogens (tertiary/aromatic N) is 4. The Balaban J connectivity index is 1.01. The zero-order valence-corrected chi connectivity index (χ0v) is 37.1. The first-order chi connectivity index (χ1) is 33.7. The Morgan fingerprint density at radius 3 is 1.65 bits per heavy atom. The monoisotopic (exact) mass is 866 g/mol. The molecule has 0 N–H and O–H groups in total. The fourth-order valence-corrected chi connectivity index (χ4v) is 11.6. The summed E-state index contributed by atoms with van der Waals surface area (Å²) in [5.74, 6) is 2.00. The Bertz CT molecular complexity index is 3790. The molecule has 0 saturated heterocycles. The summed E-state index contributed by atoms with van der Waals surface area (Å²) in [5.41, 5.74) is 19.8. The van der Waals surface area contributed by atoms with Gasteiger partial charge in [0.25, 0.3) is 0 Å². The van der Waals surface area contributed by atoms with Crippen LogP contribution >= 0.6 is 0 Å². The van der Waals surface area contributed by atoms with E-state index >= 15 is 0 Å². The zero-order valence-electron chi connectivity index (χ0n) is 37.1. The van der Waals surface area contributed by atoms with Crippen LogP contribution in [-0.4, -0.2) is 19.5 Å². The Hall–Kier alpha value is -8.73. The van der Waals surface area contributed by atoms with Crippen LogP contribution in [0.5, 0.6) is 0 Å². The van der Waals surface area contributed by atoms with E-state index in [0.29, 0.717) is 11.8 Å². The molecule has 9 aromatic carbocycles. The molecule has 4 heteroatoms. The molecule has 1 unspecified atom stereocenters. The molecule has 4 nitrogen and oxygen atoms in total. The molecule has 0 fully saturated rings. The minimum Gasteiger partial charge on any atom is -0.277 e. The van der Waals surface area contributed by atoms with E-state index in [4.69, 9.17) is 15.0 Å². The lowest BCUT2D eigenvalue weighted by Crippen LogP contribution is -2.25. The van der Waals surface area contributed by atoms with Crippen molar-refractivity contribution in [1.29, 1.82) is 0 Å². The first-order valence-electron chi connectivity index (χ1n) is 23.5. The van der Waals surface area contributed by atoms with E-state index in [0.717, 1.165) is 45.4 Å². The second-order valence-electron chi connectivity index (χ2n) is 18.2. The molecule has 2 heterocycles. The van der Waals surface area contributed by atoms with Crippen LogP contribution in [0.2, 0.25) is 0 Å². The third-order valence-corrected chi connectivity index (χ3v) is 14.5. The molecular formula is C64H42N4. The first-order valence-corrected chi connectivity index (χ1v) is 23.5. The molecule has 318 valence electrons. The first kappa shape index (κ1) is 38.5. The van der Waals surface area contributed by atoms with Crippen molar-refractivity contribution in [3.63, 3.8) is 0 Å². The summed E-state index contributed by atoms with van der Waals surface area (Å²) < 4.78 is 2.34. The number of aromatic nitrogens is 4. The molecule has 0 radical (unpaired) electrons. The summed E-state index contributed by atoms with van der Waals surface area (Å²) >= 11 is 0. The molecule has 1 spiro atoms. The molecule has 0 saturated carbocycles. The SMILES string of the molecule is C1=CCC(c2nc(-c3cccc(-c4cc(-c5ccccc5)cc(-c5ccccc5)c4)c3)nc(-n3c4ccccc4c4ccc5c(c43)-c3ccccc3C53c4ccccc4-c4ccccc43)n2)C=C1. The highest BCUT2D eigenvalue weighted by molar-refractivity contribution is 6.16. The van der Waals surface area contributed by atoms with Crippen molar-refractivity contribution in [1.82, 2.24) is 19.5 Å². The van der Waals surface area contributed by atoms with Gasteiger partial charge >= 0.3 is 0 Å². The summed E-state index contributed by atoms with van der Waals surface area (Å²) in [6.45, 7) is 0. The molecule has 1 atom stereocenters. The van der Waals surface area contributed by atoms with Gasteiger partial charge < -0.3 is 0 Å². The minimum atomic E-state index is -0.484. The average Bonchev–Trinajstić information content (AvgIpc) is 4.03. The van der Waals surface area contributed by atoms with Crippen molar-refractivity contribution in [2.45, 2.75) is 17.8 Å². The molecular weight excluding hydrogens is 825 g/mol. The van der Waals surface area contributed by atoms with Gasteiger partial charge in [0, 0.05) is 27.8 Å². The van der Waals surface area contributed by atoms with Crippen LogP contribution in [0.4, 0.5) is 0 Å². The summed E-state index contributed by atoms with van der Waals surface area (Å²) in [6.07, 6.45) is 9.46. The predicted molar refractivity (Wildman–Crippen MR) is 278 cm³/mol. The number of hydrogen-bond donors (Lipinski definition) is 0. The average molecular weight is 867 g/mol. The standard InChI is InChI=1S/C64H42N4/c1-4-19-41(20-5-1)46-38-47(42-21-6-2-7-22-42)40-48(39-46)44-25-18-26-45(37-44)62-65-61(43-23-8-3-9-24-43)66-63(67-62)68-58-34-17-13-29-51(58)52-35-36-57-59(60(52)68)53-30-12-16-33-56(53)64(57)54-31-14-10-27-49(54)50-28-11-15-32-55(50)64/h1-23,25-40,43H,24H2. The van der Waals surface area contributed by atoms with E-state index in [9.17, 15) is 0 Å². The highest BCUT2D eigenvalue weighted by Crippen LogP contribution is 2.64. The molecule has 0 aliphatic heterocycles. The maximum atomic E-state index is 5.55. The van der Waals surface area contributed by atoms with Crippen LogP contribution in [0.1, 0.15) is 40.4 Å².